The lowest BCUT2D eigenvalue weighted by Crippen LogP contribution is -2.44. The van der Waals surface area contributed by atoms with E-state index in [1.807, 2.05) is 39.0 Å². The lowest BCUT2D eigenvalue weighted by molar-refractivity contribution is 0.508. The molecule has 1 aromatic rings. The average molecular weight is 358 g/mol. The molecule has 0 atom stereocenters. The van der Waals surface area contributed by atoms with Crippen LogP contribution in [0.1, 0.15) is 31.9 Å². The van der Waals surface area contributed by atoms with Crippen molar-refractivity contribution >= 4 is 29.9 Å². The molecule has 0 radical (unpaired) electrons. The molecule has 0 aliphatic carbocycles. The number of rotatable bonds is 2. The number of nitrogens with two attached hydrogens (primary N) is 1. The van der Waals surface area contributed by atoms with E-state index in [0.29, 0.717) is 18.1 Å². The smallest absolute Gasteiger partial charge is 0.189 e. The van der Waals surface area contributed by atoms with Crippen molar-refractivity contribution in [1.29, 1.82) is 5.26 Å². The highest BCUT2D eigenvalue weighted by atomic mass is 127. The van der Waals surface area contributed by atoms with Crippen molar-refractivity contribution in [3.8, 4) is 6.07 Å². The summed E-state index contributed by atoms with van der Waals surface area (Å²) in [5, 5.41) is 11.9. The van der Waals surface area contributed by atoms with Gasteiger partial charge in [0.05, 0.1) is 18.2 Å². The van der Waals surface area contributed by atoms with Crippen LogP contribution < -0.4 is 11.1 Å². The molecule has 0 aliphatic heterocycles. The second kappa shape index (κ2) is 7.21. The summed E-state index contributed by atoms with van der Waals surface area (Å²) in [4.78, 5) is 4.23. The first-order chi connectivity index (χ1) is 7.90. The fourth-order valence-electron chi connectivity index (χ4n) is 1.34. The molecular formula is C13H19IN4. The summed E-state index contributed by atoms with van der Waals surface area (Å²) in [6.45, 7) is 6.54. The van der Waals surface area contributed by atoms with E-state index >= 15 is 0 Å². The summed E-state index contributed by atoms with van der Waals surface area (Å²) in [5.41, 5.74) is 7.27. The van der Waals surface area contributed by atoms with Gasteiger partial charge in [0, 0.05) is 5.54 Å². The van der Waals surface area contributed by atoms with Gasteiger partial charge in [0.25, 0.3) is 0 Å². The molecule has 1 aromatic carbocycles. The Morgan fingerprint density at radius 2 is 2.11 bits per heavy atom. The Balaban J connectivity index is 0.00000289. The van der Waals surface area contributed by atoms with Crippen molar-refractivity contribution in [3.63, 3.8) is 0 Å². The lowest BCUT2D eigenvalue weighted by atomic mass is 10.1. The summed E-state index contributed by atoms with van der Waals surface area (Å²) in [7, 11) is 0. The number of benzene rings is 1. The molecule has 0 heterocycles. The van der Waals surface area contributed by atoms with Gasteiger partial charge in [-0.1, -0.05) is 12.1 Å². The molecular weight excluding hydrogens is 339 g/mol. The van der Waals surface area contributed by atoms with Crippen molar-refractivity contribution in [3.05, 3.63) is 35.4 Å². The van der Waals surface area contributed by atoms with Gasteiger partial charge in [-0.05, 0) is 38.5 Å². The van der Waals surface area contributed by atoms with Gasteiger partial charge in [-0.15, -0.1) is 24.0 Å². The number of guanidine groups is 1. The third kappa shape index (κ3) is 6.45. The molecule has 0 aromatic heterocycles. The van der Waals surface area contributed by atoms with Gasteiger partial charge in [-0.3, -0.25) is 0 Å². The number of nitriles is 1. The zero-order valence-corrected chi connectivity index (χ0v) is 13.2. The molecule has 0 amide bonds. The third-order valence-corrected chi connectivity index (χ3v) is 1.99. The van der Waals surface area contributed by atoms with Gasteiger partial charge < -0.3 is 11.1 Å². The summed E-state index contributed by atoms with van der Waals surface area (Å²) in [5.74, 6) is 0.417. The number of hydrogen-bond acceptors (Lipinski definition) is 2. The fourth-order valence-corrected chi connectivity index (χ4v) is 1.34. The molecule has 5 heteroatoms. The highest BCUT2D eigenvalue weighted by Crippen LogP contribution is 2.05. The number of halogens is 1. The maximum atomic E-state index is 8.77. The number of aliphatic imine (C=N–C) groups is 1. The zero-order valence-electron chi connectivity index (χ0n) is 10.9. The quantitative estimate of drug-likeness (QED) is 0.484. The minimum atomic E-state index is -0.0952. The first kappa shape index (κ1) is 16.7. The van der Waals surface area contributed by atoms with E-state index < -0.39 is 0 Å². The molecule has 0 saturated carbocycles. The van der Waals surface area contributed by atoms with E-state index in [0.717, 1.165) is 5.56 Å². The standard InChI is InChI=1S/C13H18N4.HI/c1-13(2,3)17-12(15)16-9-11-6-4-5-10(7-11)8-14;/h4-7H,9H2,1-3H3,(H3,15,16,17);1H. The Hall–Kier alpha value is -1.29. The molecule has 18 heavy (non-hydrogen) atoms. The van der Waals surface area contributed by atoms with Crippen molar-refractivity contribution in [1.82, 2.24) is 5.32 Å². The number of nitrogens with one attached hydrogen (secondary N) is 1. The lowest BCUT2D eigenvalue weighted by Gasteiger charge is -2.20. The molecule has 0 saturated heterocycles. The highest BCUT2D eigenvalue weighted by Gasteiger charge is 2.09. The molecule has 0 fully saturated rings. The van der Waals surface area contributed by atoms with E-state index in [2.05, 4.69) is 16.4 Å². The van der Waals surface area contributed by atoms with Crippen LogP contribution in [0.3, 0.4) is 0 Å². The minimum absolute atomic E-state index is 0. The van der Waals surface area contributed by atoms with Crippen molar-refractivity contribution in [2.75, 3.05) is 0 Å². The maximum absolute atomic E-state index is 8.77. The van der Waals surface area contributed by atoms with Crippen molar-refractivity contribution < 1.29 is 0 Å². The predicted molar refractivity (Wildman–Crippen MR) is 84.8 cm³/mol. The van der Waals surface area contributed by atoms with Gasteiger partial charge in [-0.2, -0.15) is 5.26 Å². The second-order valence-corrected chi connectivity index (χ2v) is 4.89. The molecule has 98 valence electrons. The summed E-state index contributed by atoms with van der Waals surface area (Å²) < 4.78 is 0. The maximum Gasteiger partial charge on any atom is 0.189 e. The minimum Gasteiger partial charge on any atom is -0.370 e. The Morgan fingerprint density at radius 1 is 1.44 bits per heavy atom. The molecule has 0 aliphatic rings. The summed E-state index contributed by atoms with van der Waals surface area (Å²) in [6, 6.07) is 9.45. The van der Waals surface area contributed by atoms with E-state index in [1.165, 1.54) is 0 Å². The second-order valence-electron chi connectivity index (χ2n) is 4.89. The van der Waals surface area contributed by atoms with Crippen LogP contribution in [-0.2, 0) is 6.54 Å². The van der Waals surface area contributed by atoms with E-state index in [-0.39, 0.29) is 29.5 Å². The Morgan fingerprint density at radius 3 is 2.67 bits per heavy atom. The Kier molecular flexibility index (Phi) is 6.70. The van der Waals surface area contributed by atoms with Gasteiger partial charge in [0.1, 0.15) is 0 Å². The van der Waals surface area contributed by atoms with Gasteiger partial charge in [-0.25, -0.2) is 4.99 Å². The molecule has 1 rings (SSSR count). The topological polar surface area (TPSA) is 74.2 Å². The largest absolute Gasteiger partial charge is 0.370 e. The first-order valence-corrected chi connectivity index (χ1v) is 5.48. The van der Waals surface area contributed by atoms with Crippen molar-refractivity contribution in [2.45, 2.75) is 32.9 Å². The molecule has 0 spiro atoms. The monoisotopic (exact) mass is 358 g/mol. The molecule has 0 unspecified atom stereocenters. The number of nitrogens with zero attached hydrogens (tertiary/aromatic N) is 2. The SMILES string of the molecule is CC(C)(C)NC(N)=NCc1cccc(C#N)c1.I. The Labute approximate surface area is 125 Å². The van der Waals surface area contributed by atoms with Crippen LogP contribution in [0.15, 0.2) is 29.3 Å². The zero-order chi connectivity index (χ0) is 12.9. The summed E-state index contributed by atoms with van der Waals surface area (Å²) >= 11 is 0. The normalized spacial score (nSPS) is 11.3. The highest BCUT2D eigenvalue weighted by molar-refractivity contribution is 14.0. The van der Waals surface area contributed by atoms with Crippen LogP contribution in [0.5, 0.6) is 0 Å². The third-order valence-electron chi connectivity index (χ3n) is 1.99. The van der Waals surface area contributed by atoms with Crippen LogP contribution in [-0.4, -0.2) is 11.5 Å². The molecule has 0 bridgehead atoms. The van der Waals surface area contributed by atoms with Crippen molar-refractivity contribution in [2.24, 2.45) is 10.7 Å². The van der Waals surface area contributed by atoms with Crippen LogP contribution in [0, 0.1) is 11.3 Å². The predicted octanol–water partition coefficient (Wildman–Crippen LogP) is 2.38. The first-order valence-electron chi connectivity index (χ1n) is 5.48. The van der Waals surface area contributed by atoms with Gasteiger partial charge >= 0.3 is 0 Å². The number of hydrogen-bond donors (Lipinski definition) is 2. The van der Waals surface area contributed by atoms with Gasteiger partial charge in [0.2, 0.25) is 0 Å². The van der Waals surface area contributed by atoms with Crippen LogP contribution in [0.2, 0.25) is 0 Å². The summed E-state index contributed by atoms with van der Waals surface area (Å²) in [6.07, 6.45) is 0. The molecule has 4 nitrogen and oxygen atoms in total. The van der Waals surface area contributed by atoms with E-state index in [9.17, 15) is 0 Å². The molecule has 3 N–H and O–H groups in total. The fraction of sp³-hybridized carbons (Fsp3) is 0.385. The van der Waals surface area contributed by atoms with E-state index in [4.69, 9.17) is 11.0 Å². The van der Waals surface area contributed by atoms with Gasteiger partial charge in [0.15, 0.2) is 5.96 Å². The van der Waals surface area contributed by atoms with Crippen LogP contribution in [0.4, 0.5) is 0 Å². The van der Waals surface area contributed by atoms with Crippen LogP contribution >= 0.6 is 24.0 Å². The Bertz CT molecular complexity index is 455. The average Bonchev–Trinajstić information content (AvgIpc) is 2.24. The van der Waals surface area contributed by atoms with Crippen LogP contribution in [0.25, 0.3) is 0 Å². The van der Waals surface area contributed by atoms with E-state index in [1.54, 1.807) is 6.07 Å².